The number of ether oxygens (including phenoxy) is 1. The Balaban J connectivity index is 1.85. The van der Waals surface area contributed by atoms with Gasteiger partial charge in [-0.3, -0.25) is 14.2 Å². The number of thioether (sulfide) groups is 1. The zero-order valence-electron chi connectivity index (χ0n) is 14.8. The van der Waals surface area contributed by atoms with Crippen molar-refractivity contribution in [2.24, 2.45) is 0 Å². The number of thiophene rings is 1. The summed E-state index contributed by atoms with van der Waals surface area (Å²) in [6.45, 7) is 6.55. The molecular weight excluding hydrogens is 380 g/mol. The van der Waals surface area contributed by atoms with Crippen LogP contribution in [0.15, 0.2) is 52.3 Å². The molecule has 27 heavy (non-hydrogen) atoms. The van der Waals surface area contributed by atoms with E-state index in [2.05, 4.69) is 6.58 Å². The Hall–Kier alpha value is -2.38. The number of nitrogens with zero attached hydrogens (tertiary/aromatic N) is 2. The second-order valence-electron chi connectivity index (χ2n) is 6.36. The molecule has 0 N–H and O–H groups in total. The van der Waals surface area contributed by atoms with Crippen LogP contribution in [0.4, 0.5) is 0 Å². The fraction of sp³-hybridized carbons (Fsp3) is 0.250. The summed E-state index contributed by atoms with van der Waals surface area (Å²) >= 11 is 2.75. The number of esters is 1. The summed E-state index contributed by atoms with van der Waals surface area (Å²) < 4.78 is 6.63. The molecule has 0 amide bonds. The van der Waals surface area contributed by atoms with Crippen LogP contribution < -0.4 is 5.56 Å². The lowest BCUT2D eigenvalue weighted by Crippen LogP contribution is -2.24. The highest BCUT2D eigenvalue weighted by atomic mass is 32.2. The van der Waals surface area contributed by atoms with E-state index in [9.17, 15) is 9.59 Å². The minimum absolute atomic E-state index is 0.106. The minimum Gasteiger partial charge on any atom is -0.465 e. The van der Waals surface area contributed by atoms with Crippen molar-refractivity contribution in [2.45, 2.75) is 30.3 Å². The molecule has 1 aliphatic heterocycles. The molecule has 7 heteroatoms. The van der Waals surface area contributed by atoms with E-state index in [1.807, 2.05) is 36.6 Å². The number of benzene rings is 1. The fourth-order valence-corrected chi connectivity index (χ4v) is 5.10. The summed E-state index contributed by atoms with van der Waals surface area (Å²) in [4.78, 5) is 30.5. The molecule has 1 atom stereocenters. The van der Waals surface area contributed by atoms with Gasteiger partial charge in [-0.15, -0.1) is 17.9 Å². The van der Waals surface area contributed by atoms with Crippen LogP contribution in [-0.4, -0.2) is 27.4 Å². The lowest BCUT2D eigenvalue weighted by molar-refractivity contribution is -0.137. The van der Waals surface area contributed by atoms with Crippen molar-refractivity contribution in [1.29, 1.82) is 0 Å². The van der Waals surface area contributed by atoms with E-state index in [0.717, 1.165) is 11.1 Å². The molecule has 0 bridgehead atoms. The Morgan fingerprint density at radius 2 is 2.15 bits per heavy atom. The molecule has 0 aliphatic carbocycles. The van der Waals surface area contributed by atoms with E-state index in [0.29, 0.717) is 34.9 Å². The number of allylic oxidation sites excluding steroid dienone is 1. The summed E-state index contributed by atoms with van der Waals surface area (Å²) in [5, 5.41) is 2.81. The molecule has 138 valence electrons. The highest BCUT2D eigenvalue weighted by Gasteiger charge is 2.29. The highest BCUT2D eigenvalue weighted by Crippen LogP contribution is 2.34. The topological polar surface area (TPSA) is 61.2 Å². The first-order valence-electron chi connectivity index (χ1n) is 8.61. The normalized spacial score (nSPS) is 16.6. The second-order valence-corrected chi connectivity index (χ2v) is 8.39. The summed E-state index contributed by atoms with van der Waals surface area (Å²) in [7, 11) is 0. The largest absolute Gasteiger partial charge is 0.465 e. The third kappa shape index (κ3) is 3.33. The predicted octanol–water partition coefficient (Wildman–Crippen LogP) is 4.03. The average molecular weight is 399 g/mol. The zero-order chi connectivity index (χ0) is 19.0. The molecular formula is C20H18N2O3S2. The molecule has 1 aliphatic rings. The number of hydrogen-bond donors (Lipinski definition) is 0. The average Bonchev–Trinajstić information content (AvgIpc) is 3.26. The Bertz CT molecular complexity index is 1080. The summed E-state index contributed by atoms with van der Waals surface area (Å²) in [5.74, 6) is -0.244. The number of cyclic esters (lactones) is 1. The lowest BCUT2D eigenvalue weighted by atomic mass is 10.1. The number of fused-ring (bicyclic) bond motifs is 1. The molecule has 0 saturated carbocycles. The van der Waals surface area contributed by atoms with Crippen molar-refractivity contribution in [3.63, 3.8) is 0 Å². The van der Waals surface area contributed by atoms with E-state index in [1.165, 1.54) is 28.7 Å². The predicted molar refractivity (Wildman–Crippen MR) is 109 cm³/mol. The van der Waals surface area contributed by atoms with Gasteiger partial charge < -0.3 is 4.74 Å². The monoisotopic (exact) mass is 398 g/mol. The summed E-state index contributed by atoms with van der Waals surface area (Å²) in [5.41, 5.74) is 2.95. The second kappa shape index (κ2) is 7.32. The number of hydrogen-bond acceptors (Lipinski definition) is 6. The van der Waals surface area contributed by atoms with E-state index in [-0.39, 0.29) is 16.8 Å². The summed E-state index contributed by atoms with van der Waals surface area (Å²) in [6, 6.07) is 8.10. The molecule has 4 rings (SSSR count). The van der Waals surface area contributed by atoms with Gasteiger partial charge in [0, 0.05) is 23.9 Å². The molecule has 2 aromatic heterocycles. The number of aromatic nitrogens is 2. The quantitative estimate of drug-likeness (QED) is 0.369. The molecule has 3 aromatic rings. The molecule has 1 fully saturated rings. The number of rotatable bonds is 5. The van der Waals surface area contributed by atoms with Crippen LogP contribution in [0, 0.1) is 6.92 Å². The van der Waals surface area contributed by atoms with E-state index in [1.54, 1.807) is 10.6 Å². The molecule has 5 nitrogen and oxygen atoms in total. The van der Waals surface area contributed by atoms with Crippen molar-refractivity contribution < 1.29 is 9.53 Å². The van der Waals surface area contributed by atoms with Crippen LogP contribution in [-0.2, 0) is 16.1 Å². The Kier molecular flexibility index (Phi) is 4.88. The number of aryl methyl sites for hydroxylation is 1. The Morgan fingerprint density at radius 1 is 1.37 bits per heavy atom. The molecule has 3 heterocycles. The Morgan fingerprint density at radius 3 is 2.81 bits per heavy atom. The van der Waals surface area contributed by atoms with Gasteiger partial charge in [-0.25, -0.2) is 4.98 Å². The van der Waals surface area contributed by atoms with Gasteiger partial charge in [0.2, 0.25) is 0 Å². The minimum atomic E-state index is -0.318. The highest BCUT2D eigenvalue weighted by molar-refractivity contribution is 8.00. The van der Waals surface area contributed by atoms with Crippen molar-refractivity contribution in [2.75, 3.05) is 6.61 Å². The zero-order valence-corrected chi connectivity index (χ0v) is 16.4. The third-order valence-corrected chi connectivity index (χ3v) is 6.58. The summed E-state index contributed by atoms with van der Waals surface area (Å²) in [6.07, 6.45) is 2.30. The first-order chi connectivity index (χ1) is 13.1. The lowest BCUT2D eigenvalue weighted by Gasteiger charge is -2.12. The van der Waals surface area contributed by atoms with Gasteiger partial charge in [-0.1, -0.05) is 47.7 Å². The first kappa shape index (κ1) is 18.0. The first-order valence-corrected chi connectivity index (χ1v) is 10.4. The maximum atomic E-state index is 13.3. The maximum Gasteiger partial charge on any atom is 0.319 e. The molecule has 1 saturated heterocycles. The van der Waals surface area contributed by atoms with Crippen LogP contribution in [0.5, 0.6) is 0 Å². The molecule has 0 spiro atoms. The van der Waals surface area contributed by atoms with Crippen LogP contribution in [0.1, 0.15) is 12.0 Å². The molecule has 0 radical (unpaired) electrons. The van der Waals surface area contributed by atoms with Gasteiger partial charge in [0.1, 0.15) is 10.1 Å². The number of carbonyl (C=O) groups is 1. The van der Waals surface area contributed by atoms with Gasteiger partial charge in [0.15, 0.2) is 5.16 Å². The van der Waals surface area contributed by atoms with Gasteiger partial charge in [0.05, 0.1) is 12.0 Å². The van der Waals surface area contributed by atoms with E-state index >= 15 is 0 Å². The van der Waals surface area contributed by atoms with E-state index < -0.39 is 0 Å². The van der Waals surface area contributed by atoms with Crippen LogP contribution in [0.25, 0.3) is 21.3 Å². The van der Waals surface area contributed by atoms with Gasteiger partial charge in [-0.05, 0) is 12.5 Å². The Labute approximate surface area is 164 Å². The van der Waals surface area contributed by atoms with Crippen LogP contribution in [0.3, 0.4) is 0 Å². The number of carbonyl (C=O) groups excluding carboxylic acids is 1. The maximum absolute atomic E-state index is 13.3. The molecule has 1 aromatic carbocycles. The van der Waals surface area contributed by atoms with Crippen molar-refractivity contribution >= 4 is 39.3 Å². The molecule has 0 unspecified atom stereocenters. The fourth-order valence-electron chi connectivity index (χ4n) is 3.04. The van der Waals surface area contributed by atoms with Crippen LogP contribution >= 0.6 is 23.1 Å². The van der Waals surface area contributed by atoms with Crippen molar-refractivity contribution in [3.8, 4) is 11.1 Å². The van der Waals surface area contributed by atoms with E-state index in [4.69, 9.17) is 9.72 Å². The van der Waals surface area contributed by atoms with Crippen LogP contribution in [0.2, 0.25) is 0 Å². The standard InChI is InChI=1S/C20H18N2O3S2/c1-3-9-22-18(23)16-14(13-6-4-12(2)5-7-13)11-26-17(16)21-20(22)27-15-8-10-25-19(15)24/h3-7,11,15H,1,8-10H2,2H3/t15-/m0/s1. The van der Waals surface area contributed by atoms with Gasteiger partial charge in [0.25, 0.3) is 5.56 Å². The van der Waals surface area contributed by atoms with Crippen molar-refractivity contribution in [3.05, 3.63) is 58.2 Å². The van der Waals surface area contributed by atoms with Gasteiger partial charge in [-0.2, -0.15) is 0 Å². The SMILES string of the molecule is C=CCn1c(S[C@H]2CCOC2=O)nc2scc(-c3ccc(C)cc3)c2c1=O. The van der Waals surface area contributed by atoms with Gasteiger partial charge >= 0.3 is 5.97 Å². The smallest absolute Gasteiger partial charge is 0.319 e. The van der Waals surface area contributed by atoms with Crippen molar-refractivity contribution in [1.82, 2.24) is 9.55 Å². The third-order valence-electron chi connectivity index (χ3n) is 4.47.